The van der Waals surface area contributed by atoms with E-state index in [4.69, 9.17) is 25.8 Å². The van der Waals surface area contributed by atoms with Crippen molar-refractivity contribution < 1.29 is 27.4 Å². The van der Waals surface area contributed by atoms with Crippen molar-refractivity contribution >= 4 is 33.4 Å². The second-order valence-electron chi connectivity index (χ2n) is 13.9. The predicted octanol–water partition coefficient (Wildman–Crippen LogP) is 5.91. The van der Waals surface area contributed by atoms with Crippen LogP contribution in [0.2, 0.25) is 5.02 Å². The summed E-state index contributed by atoms with van der Waals surface area (Å²) < 4.78 is 50.3. The Morgan fingerprint density at radius 3 is 2.64 bits per heavy atom. The van der Waals surface area contributed by atoms with Crippen LogP contribution in [0.4, 0.5) is 5.69 Å². The summed E-state index contributed by atoms with van der Waals surface area (Å²) in [6.07, 6.45) is 9.38. The number of nitrogens with zero attached hydrogens (tertiary/aromatic N) is 2. The molecule has 1 amide bonds. The summed E-state index contributed by atoms with van der Waals surface area (Å²) in [6.45, 7) is 4.68. The number of benzene rings is 2. The maximum Gasteiger partial charge on any atom is 0.304 e. The van der Waals surface area contributed by atoms with Crippen LogP contribution in [0.5, 0.6) is 5.75 Å². The molecule has 2 aliphatic carbocycles. The van der Waals surface area contributed by atoms with E-state index in [1.807, 2.05) is 19.1 Å². The standard InChI is InChI=1S/C36H46ClN3O6S/c1-23-28-16-29(17-28)35(44-2)32-12-9-27(32)21-39-20-26-8-11-30(37)18-24(26)6-3-4-14-46-34-13-10-25(19-33(34)39)36(41)38-47(42,43)40(23)22-31-7-5-15-45-31/h8,10-11,13,16,18-19,23,27-28,31-32,35H,3-7,9,12,14-15,17,20-22H2,1-2H3,(H,38,41)/t23-,27-,28+,31-,32+,35-/m0/s1. The quantitative estimate of drug-likeness (QED) is 0.402. The Morgan fingerprint density at radius 2 is 1.89 bits per heavy atom. The lowest BCUT2D eigenvalue weighted by Crippen LogP contribution is -2.53. The highest BCUT2D eigenvalue weighted by molar-refractivity contribution is 7.87. The lowest BCUT2D eigenvalue weighted by atomic mass is 9.65. The van der Waals surface area contributed by atoms with Crippen LogP contribution in [0.1, 0.15) is 73.4 Å². The molecule has 0 spiro atoms. The van der Waals surface area contributed by atoms with Crippen molar-refractivity contribution in [3.05, 3.63) is 69.8 Å². The van der Waals surface area contributed by atoms with Gasteiger partial charge in [0.25, 0.3) is 5.91 Å². The van der Waals surface area contributed by atoms with Crippen LogP contribution in [-0.2, 0) is 32.6 Å². The Bertz CT molecular complexity index is 1630. The fraction of sp³-hybridized carbons (Fsp3) is 0.583. The van der Waals surface area contributed by atoms with Crippen molar-refractivity contribution in [1.82, 2.24) is 9.03 Å². The molecule has 2 aromatic rings. The first-order valence-electron chi connectivity index (χ1n) is 17.2. The zero-order valence-corrected chi connectivity index (χ0v) is 28.9. The van der Waals surface area contributed by atoms with Crippen LogP contribution in [-0.4, -0.2) is 70.3 Å². The number of carbonyl (C=O) groups excluding carboxylic acids is 1. The molecule has 1 saturated heterocycles. The minimum atomic E-state index is -4.19. The molecule has 0 radical (unpaired) electrons. The molecule has 0 unspecified atom stereocenters. The van der Waals surface area contributed by atoms with Crippen LogP contribution in [0.15, 0.2) is 48.0 Å². The van der Waals surface area contributed by atoms with Crippen LogP contribution < -0.4 is 14.4 Å². The smallest absolute Gasteiger partial charge is 0.304 e. The number of aryl methyl sites for hydroxylation is 1. The first-order valence-corrected chi connectivity index (χ1v) is 19.0. The van der Waals surface area contributed by atoms with Gasteiger partial charge in [-0.2, -0.15) is 12.7 Å². The molecule has 4 bridgehead atoms. The molecule has 0 aromatic heterocycles. The fourth-order valence-electron chi connectivity index (χ4n) is 8.12. The fourth-order valence-corrected chi connectivity index (χ4v) is 9.74. The summed E-state index contributed by atoms with van der Waals surface area (Å²) in [7, 11) is -2.40. The summed E-state index contributed by atoms with van der Waals surface area (Å²) in [6, 6.07) is 11.1. The summed E-state index contributed by atoms with van der Waals surface area (Å²) in [5.74, 6) is 0.796. The normalized spacial score (nSPS) is 31.1. The van der Waals surface area contributed by atoms with Crippen LogP contribution in [0, 0.1) is 17.8 Å². The average Bonchev–Trinajstić information content (AvgIpc) is 3.52. The van der Waals surface area contributed by atoms with Gasteiger partial charge in [0.2, 0.25) is 0 Å². The van der Waals surface area contributed by atoms with E-state index in [1.165, 1.54) is 21.0 Å². The number of ether oxygens (including phenoxy) is 3. The SMILES string of the molecule is CO[C@H]1C2=C[C@H](C2)[C@H](C)N(C[C@@H]2CCCO2)S(=O)(=O)NC(=O)c2ccc3c(c2)N(Cc2ccc(Cl)cc2CCCCO3)C[C@@H]2CC[C@H]21. The molecule has 11 heteroatoms. The third-order valence-electron chi connectivity index (χ3n) is 11.0. The highest BCUT2D eigenvalue weighted by Gasteiger charge is 2.45. The highest BCUT2D eigenvalue weighted by atomic mass is 35.5. The molecule has 1 saturated carbocycles. The van der Waals surface area contributed by atoms with Gasteiger partial charge in [0.05, 0.1) is 24.5 Å². The largest absolute Gasteiger partial charge is 0.491 e. The van der Waals surface area contributed by atoms with E-state index in [-0.39, 0.29) is 36.3 Å². The molecule has 4 aliphatic heterocycles. The number of carbonyl (C=O) groups is 1. The van der Waals surface area contributed by atoms with E-state index in [0.717, 1.165) is 68.6 Å². The van der Waals surface area contributed by atoms with Gasteiger partial charge in [0.15, 0.2) is 0 Å². The molecule has 4 heterocycles. The van der Waals surface area contributed by atoms with Gasteiger partial charge in [0, 0.05) is 50.0 Å². The molecule has 8 rings (SSSR count). The summed E-state index contributed by atoms with van der Waals surface area (Å²) in [5, 5.41) is 0.723. The zero-order chi connectivity index (χ0) is 32.7. The van der Waals surface area contributed by atoms with E-state index >= 15 is 0 Å². The molecule has 1 N–H and O–H groups in total. The number of anilines is 1. The van der Waals surface area contributed by atoms with Gasteiger partial charge < -0.3 is 19.1 Å². The maximum atomic E-state index is 14.0. The Labute approximate surface area is 283 Å². The van der Waals surface area contributed by atoms with Crippen molar-refractivity contribution in [1.29, 1.82) is 0 Å². The van der Waals surface area contributed by atoms with Gasteiger partial charge >= 0.3 is 10.2 Å². The average molecular weight is 684 g/mol. The second kappa shape index (κ2) is 13.7. The van der Waals surface area contributed by atoms with E-state index < -0.39 is 16.1 Å². The summed E-state index contributed by atoms with van der Waals surface area (Å²) in [5.41, 5.74) is 4.72. The first-order chi connectivity index (χ1) is 22.7. The van der Waals surface area contributed by atoms with E-state index in [1.54, 1.807) is 19.2 Å². The van der Waals surface area contributed by atoms with Gasteiger partial charge in [-0.1, -0.05) is 23.7 Å². The number of hydrogen-bond acceptors (Lipinski definition) is 7. The van der Waals surface area contributed by atoms with Crippen molar-refractivity contribution in [2.24, 2.45) is 17.8 Å². The van der Waals surface area contributed by atoms with Crippen molar-refractivity contribution in [2.75, 3.05) is 38.3 Å². The van der Waals surface area contributed by atoms with E-state index in [9.17, 15) is 13.2 Å². The van der Waals surface area contributed by atoms with Crippen molar-refractivity contribution in [3.63, 3.8) is 0 Å². The van der Waals surface area contributed by atoms with Gasteiger partial charge in [-0.05, 0) is 123 Å². The molecule has 2 fully saturated rings. The van der Waals surface area contributed by atoms with Crippen LogP contribution in [0.25, 0.3) is 0 Å². The van der Waals surface area contributed by atoms with Gasteiger partial charge in [-0.15, -0.1) is 0 Å². The third-order valence-corrected chi connectivity index (χ3v) is 12.8. The number of amides is 1. The first kappa shape index (κ1) is 32.9. The number of methoxy groups -OCH3 is 1. The van der Waals surface area contributed by atoms with E-state index in [0.29, 0.717) is 37.3 Å². The molecule has 2 aromatic carbocycles. The minimum Gasteiger partial charge on any atom is -0.491 e. The lowest BCUT2D eigenvalue weighted by molar-refractivity contribution is -0.000933. The summed E-state index contributed by atoms with van der Waals surface area (Å²) >= 11 is 6.46. The predicted molar refractivity (Wildman–Crippen MR) is 182 cm³/mol. The van der Waals surface area contributed by atoms with Gasteiger partial charge in [-0.3, -0.25) is 4.79 Å². The molecule has 9 nitrogen and oxygen atoms in total. The maximum absolute atomic E-state index is 14.0. The molecular weight excluding hydrogens is 638 g/mol. The number of halogens is 1. The van der Waals surface area contributed by atoms with E-state index in [2.05, 4.69) is 27.8 Å². The topological polar surface area (TPSA) is 97.4 Å². The summed E-state index contributed by atoms with van der Waals surface area (Å²) in [4.78, 5) is 16.1. The second-order valence-corrected chi connectivity index (χ2v) is 16.0. The molecule has 6 atom stereocenters. The van der Waals surface area contributed by atoms with Gasteiger partial charge in [-0.25, -0.2) is 4.72 Å². The number of fused-ring (bicyclic) bond motifs is 5. The molecule has 47 heavy (non-hydrogen) atoms. The Kier molecular flexibility index (Phi) is 9.59. The monoisotopic (exact) mass is 683 g/mol. The number of rotatable bonds is 3. The van der Waals surface area contributed by atoms with Crippen LogP contribution >= 0.6 is 11.6 Å². The Hall–Kier alpha value is -2.63. The van der Waals surface area contributed by atoms with Crippen LogP contribution in [0.3, 0.4) is 0 Å². The van der Waals surface area contributed by atoms with Gasteiger partial charge in [0.1, 0.15) is 5.75 Å². The van der Waals surface area contributed by atoms with Crippen molar-refractivity contribution in [3.8, 4) is 5.75 Å². The zero-order valence-electron chi connectivity index (χ0n) is 27.3. The van der Waals surface area contributed by atoms with Crippen molar-refractivity contribution in [2.45, 2.75) is 83.1 Å². The molecule has 6 aliphatic rings. The Balaban J connectivity index is 1.31. The third kappa shape index (κ3) is 6.81. The lowest BCUT2D eigenvalue weighted by Gasteiger charge is -2.47. The Morgan fingerprint density at radius 1 is 1.04 bits per heavy atom. The molecular formula is C36H46ClN3O6S. The highest BCUT2D eigenvalue weighted by Crippen LogP contribution is 2.47. The number of hydrogen-bond donors (Lipinski definition) is 1. The molecule has 254 valence electrons. The minimum absolute atomic E-state index is 0.00916. The number of nitrogens with one attached hydrogen (secondary N) is 1.